The molecule has 1 atom stereocenters. The van der Waals surface area contributed by atoms with E-state index in [2.05, 4.69) is 5.32 Å². The lowest BCUT2D eigenvalue weighted by Crippen LogP contribution is -2.43. The maximum Gasteiger partial charge on any atom is 0.416 e. The number of hydrogen-bond acceptors (Lipinski definition) is 5. The van der Waals surface area contributed by atoms with Crippen LogP contribution in [0.1, 0.15) is 43.4 Å². The van der Waals surface area contributed by atoms with Crippen molar-refractivity contribution in [1.29, 1.82) is 0 Å². The smallest absolute Gasteiger partial charge is 0.416 e. The lowest BCUT2D eigenvalue weighted by atomic mass is 9.81. The van der Waals surface area contributed by atoms with Gasteiger partial charge in [0.2, 0.25) is 0 Å². The second kappa shape index (κ2) is 8.33. The van der Waals surface area contributed by atoms with Crippen molar-refractivity contribution in [2.45, 2.75) is 32.9 Å². The van der Waals surface area contributed by atoms with Gasteiger partial charge in [-0.15, -0.1) is 0 Å². The Labute approximate surface area is 182 Å². The molecule has 1 aliphatic heterocycles. The van der Waals surface area contributed by atoms with Crippen molar-refractivity contribution in [2.24, 2.45) is 20.0 Å². The van der Waals surface area contributed by atoms with E-state index >= 15 is 0 Å². The van der Waals surface area contributed by atoms with Crippen LogP contribution in [0.2, 0.25) is 0 Å². The van der Waals surface area contributed by atoms with Crippen molar-refractivity contribution >= 4 is 11.8 Å². The van der Waals surface area contributed by atoms with E-state index < -0.39 is 34.9 Å². The molecular formula is C22H24F3N3O4. The molecule has 0 fully saturated rings. The Morgan fingerprint density at radius 2 is 1.84 bits per heavy atom. The fourth-order valence-electron chi connectivity index (χ4n) is 3.71. The van der Waals surface area contributed by atoms with E-state index in [-0.39, 0.29) is 40.7 Å². The molecule has 0 radical (unpaired) electrons. The summed E-state index contributed by atoms with van der Waals surface area (Å²) >= 11 is 0. The molecule has 2 heterocycles. The molecule has 0 saturated heterocycles. The van der Waals surface area contributed by atoms with Crippen molar-refractivity contribution in [2.75, 3.05) is 11.9 Å². The van der Waals surface area contributed by atoms with Gasteiger partial charge in [-0.2, -0.15) is 13.2 Å². The quantitative estimate of drug-likeness (QED) is 0.723. The minimum Gasteiger partial charge on any atom is -0.462 e. The Hall–Kier alpha value is -3.30. The fraction of sp³-hybridized carbons (Fsp3) is 0.409. The summed E-state index contributed by atoms with van der Waals surface area (Å²) in [6, 6.07) is 4.46. The molecule has 2 aromatic rings. The van der Waals surface area contributed by atoms with E-state index in [1.165, 1.54) is 30.8 Å². The van der Waals surface area contributed by atoms with Gasteiger partial charge in [0.25, 0.3) is 5.56 Å². The Morgan fingerprint density at radius 1 is 1.19 bits per heavy atom. The van der Waals surface area contributed by atoms with Crippen LogP contribution in [0, 0.1) is 5.92 Å². The van der Waals surface area contributed by atoms with E-state index in [0.717, 1.165) is 16.7 Å². The van der Waals surface area contributed by atoms with Crippen molar-refractivity contribution in [3.8, 4) is 0 Å². The van der Waals surface area contributed by atoms with Crippen LogP contribution >= 0.6 is 0 Å². The Kier molecular flexibility index (Phi) is 6.08. The number of halogens is 3. The number of fused-ring (bicyclic) bond motifs is 1. The molecule has 10 heteroatoms. The number of anilines is 1. The van der Waals surface area contributed by atoms with Crippen LogP contribution in [0.4, 0.5) is 19.0 Å². The number of rotatable bonds is 4. The Morgan fingerprint density at radius 3 is 2.44 bits per heavy atom. The molecule has 0 saturated carbocycles. The first kappa shape index (κ1) is 23.4. The number of nitrogens with zero attached hydrogens (tertiary/aromatic N) is 2. The van der Waals surface area contributed by atoms with Gasteiger partial charge in [-0.05, 0) is 24.5 Å². The molecule has 1 N–H and O–H groups in total. The maximum absolute atomic E-state index is 13.4. The Balaban J connectivity index is 2.32. The summed E-state index contributed by atoms with van der Waals surface area (Å²) in [5, 5.41) is 2.91. The van der Waals surface area contributed by atoms with E-state index in [4.69, 9.17) is 4.74 Å². The standard InChI is InChI=1S/C22H24F3N3O4/c1-11(2)10-32-20(30)15-12(3)26-18-17(19(29)28(5)21(31)27(18)4)16(15)13-7-6-8-14(9-13)22(23,24)25/h6-9,11,16,26H,10H2,1-5H3. The largest absolute Gasteiger partial charge is 0.462 e. The van der Waals surface area contributed by atoms with Gasteiger partial charge in [-0.1, -0.05) is 32.0 Å². The topological polar surface area (TPSA) is 82.3 Å². The summed E-state index contributed by atoms with van der Waals surface area (Å²) in [5.41, 5.74) is -1.83. The number of aromatic nitrogens is 2. The molecule has 3 rings (SSSR count). The van der Waals surface area contributed by atoms with Gasteiger partial charge in [0, 0.05) is 19.8 Å². The number of nitrogens with one attached hydrogen (secondary N) is 1. The van der Waals surface area contributed by atoms with Gasteiger partial charge in [0.15, 0.2) is 0 Å². The van der Waals surface area contributed by atoms with Crippen molar-refractivity contribution in [1.82, 2.24) is 9.13 Å². The van der Waals surface area contributed by atoms with Gasteiger partial charge in [0.1, 0.15) is 5.82 Å². The summed E-state index contributed by atoms with van der Waals surface area (Å²) < 4.78 is 47.6. The molecule has 172 valence electrons. The predicted octanol–water partition coefficient (Wildman–Crippen LogP) is 3.13. The van der Waals surface area contributed by atoms with Crippen molar-refractivity contribution < 1.29 is 22.7 Å². The number of esters is 1. The van der Waals surface area contributed by atoms with E-state index in [1.54, 1.807) is 6.92 Å². The van der Waals surface area contributed by atoms with Crippen LogP contribution < -0.4 is 16.6 Å². The van der Waals surface area contributed by atoms with E-state index in [1.807, 2.05) is 13.8 Å². The molecule has 1 aromatic heterocycles. The van der Waals surface area contributed by atoms with E-state index in [0.29, 0.717) is 0 Å². The van der Waals surface area contributed by atoms with Crippen molar-refractivity contribution in [3.05, 3.63) is 73.1 Å². The van der Waals surface area contributed by atoms with Gasteiger partial charge in [0.05, 0.1) is 29.2 Å². The lowest BCUT2D eigenvalue weighted by molar-refractivity contribution is -0.140. The second-order valence-electron chi connectivity index (χ2n) is 8.18. The maximum atomic E-state index is 13.4. The average molecular weight is 451 g/mol. The molecule has 0 bridgehead atoms. The van der Waals surface area contributed by atoms with Crippen LogP contribution in [-0.2, 0) is 29.8 Å². The summed E-state index contributed by atoms with van der Waals surface area (Å²) in [5.74, 6) is -1.74. The summed E-state index contributed by atoms with van der Waals surface area (Å²) in [6.07, 6.45) is -4.61. The third-order valence-corrected chi connectivity index (χ3v) is 5.30. The monoisotopic (exact) mass is 451 g/mol. The predicted molar refractivity (Wildman–Crippen MR) is 112 cm³/mol. The fourth-order valence-corrected chi connectivity index (χ4v) is 3.71. The first-order valence-electron chi connectivity index (χ1n) is 9.96. The molecule has 0 aliphatic carbocycles. The zero-order valence-corrected chi connectivity index (χ0v) is 18.3. The molecule has 0 amide bonds. The third-order valence-electron chi connectivity index (χ3n) is 5.30. The highest BCUT2D eigenvalue weighted by Gasteiger charge is 2.39. The number of carbonyl (C=O) groups excluding carboxylic acids is 1. The SMILES string of the molecule is CC1=C(C(=O)OCC(C)C)C(c2cccc(C(F)(F)F)c2)c2c(n(C)c(=O)n(C)c2=O)N1. The van der Waals surface area contributed by atoms with Crippen LogP contribution in [0.3, 0.4) is 0 Å². The molecule has 7 nitrogen and oxygen atoms in total. The minimum absolute atomic E-state index is 0.00368. The Bertz CT molecular complexity index is 1220. The van der Waals surface area contributed by atoms with Crippen LogP contribution in [-0.4, -0.2) is 21.7 Å². The molecule has 1 aliphatic rings. The molecule has 32 heavy (non-hydrogen) atoms. The summed E-state index contributed by atoms with van der Waals surface area (Å²) in [6.45, 7) is 5.35. The lowest BCUT2D eigenvalue weighted by Gasteiger charge is -2.31. The molecule has 0 spiro atoms. The van der Waals surface area contributed by atoms with E-state index in [9.17, 15) is 27.6 Å². The first-order valence-corrected chi connectivity index (χ1v) is 9.96. The summed E-state index contributed by atoms with van der Waals surface area (Å²) in [4.78, 5) is 38.5. The zero-order valence-electron chi connectivity index (χ0n) is 18.3. The molecule has 1 unspecified atom stereocenters. The third kappa shape index (κ3) is 4.09. The zero-order chi connectivity index (χ0) is 24.0. The molecule has 1 aromatic carbocycles. The number of allylic oxidation sites excluding steroid dienone is 1. The number of alkyl halides is 3. The van der Waals surface area contributed by atoms with Gasteiger partial charge in [-0.25, -0.2) is 9.59 Å². The first-order chi connectivity index (χ1) is 14.8. The number of carbonyl (C=O) groups is 1. The van der Waals surface area contributed by atoms with Crippen LogP contribution in [0.15, 0.2) is 45.1 Å². The van der Waals surface area contributed by atoms with Gasteiger partial charge in [-0.3, -0.25) is 13.9 Å². The highest BCUT2D eigenvalue weighted by atomic mass is 19.4. The second-order valence-corrected chi connectivity index (χ2v) is 8.18. The van der Waals surface area contributed by atoms with Gasteiger partial charge >= 0.3 is 17.8 Å². The number of ether oxygens (including phenoxy) is 1. The van der Waals surface area contributed by atoms with Crippen LogP contribution in [0.25, 0.3) is 0 Å². The number of hydrogen-bond donors (Lipinski definition) is 1. The average Bonchev–Trinajstić information content (AvgIpc) is 2.73. The highest BCUT2D eigenvalue weighted by molar-refractivity contribution is 5.94. The van der Waals surface area contributed by atoms with Gasteiger partial charge < -0.3 is 10.1 Å². The van der Waals surface area contributed by atoms with Crippen molar-refractivity contribution in [3.63, 3.8) is 0 Å². The number of benzene rings is 1. The summed E-state index contributed by atoms with van der Waals surface area (Å²) in [7, 11) is 2.71. The normalized spacial score (nSPS) is 16.1. The molecular weight excluding hydrogens is 427 g/mol. The minimum atomic E-state index is -4.61. The highest BCUT2D eigenvalue weighted by Crippen LogP contribution is 2.41. The van der Waals surface area contributed by atoms with Crippen LogP contribution in [0.5, 0.6) is 0 Å².